The molecule has 0 saturated heterocycles. The van der Waals surface area contributed by atoms with Gasteiger partial charge in [-0.05, 0) is 28.9 Å². The number of hydrogen-bond acceptors (Lipinski definition) is 6. The van der Waals surface area contributed by atoms with E-state index in [-0.39, 0.29) is 17.5 Å². The third kappa shape index (κ3) is 5.35. The summed E-state index contributed by atoms with van der Waals surface area (Å²) in [5.41, 5.74) is 0. The molecule has 0 amide bonds. The van der Waals surface area contributed by atoms with Gasteiger partial charge in [0.05, 0.1) is 4.90 Å². The molecule has 0 saturated carbocycles. The molecular weight excluding hydrogens is 407 g/mol. The molecule has 2 aromatic rings. The van der Waals surface area contributed by atoms with Gasteiger partial charge in [-0.3, -0.25) is 0 Å². The Balaban J connectivity index is 2.21. The molecule has 12 heteroatoms. The molecule has 28 heavy (non-hydrogen) atoms. The SMILES string of the molecule is CCS(=NC#N)c1cccnc1Oc1cc(OCC(F)(F)C(F)(F)F)ccn1. The second kappa shape index (κ2) is 8.92. The van der Waals surface area contributed by atoms with Crippen molar-refractivity contribution in [3.63, 3.8) is 0 Å². The molecule has 0 N–H and O–H groups in total. The first kappa shape index (κ1) is 21.5. The zero-order valence-corrected chi connectivity index (χ0v) is 15.1. The van der Waals surface area contributed by atoms with Gasteiger partial charge in [-0.2, -0.15) is 27.2 Å². The highest BCUT2D eigenvalue weighted by atomic mass is 32.2. The maximum Gasteiger partial charge on any atom is 0.456 e. The molecule has 0 fully saturated rings. The minimum absolute atomic E-state index is 0.0805. The molecule has 6 nitrogen and oxygen atoms in total. The van der Waals surface area contributed by atoms with Crippen LogP contribution in [0.4, 0.5) is 22.0 Å². The van der Waals surface area contributed by atoms with Crippen molar-refractivity contribution in [2.75, 3.05) is 12.4 Å². The summed E-state index contributed by atoms with van der Waals surface area (Å²) in [4.78, 5) is 8.41. The fourth-order valence-electron chi connectivity index (χ4n) is 1.84. The van der Waals surface area contributed by atoms with Crippen molar-refractivity contribution in [3.8, 4) is 23.7 Å². The fourth-order valence-corrected chi connectivity index (χ4v) is 3.01. The Hall–Kier alpha value is -2.81. The number of rotatable bonds is 7. The predicted molar refractivity (Wildman–Crippen MR) is 89.3 cm³/mol. The molecule has 2 aromatic heterocycles. The van der Waals surface area contributed by atoms with Crippen LogP contribution >= 0.6 is 0 Å². The molecule has 0 aliphatic rings. The van der Waals surface area contributed by atoms with Gasteiger partial charge in [0, 0.05) is 24.2 Å². The minimum Gasteiger partial charge on any atom is -0.487 e. The molecule has 1 unspecified atom stereocenters. The fraction of sp³-hybridized carbons (Fsp3) is 0.312. The first-order chi connectivity index (χ1) is 13.2. The summed E-state index contributed by atoms with van der Waals surface area (Å²) < 4.78 is 76.4. The standard InChI is InChI=1S/C16H13F5N4O2S/c1-2-28(25-10-22)12-4-3-6-24-14(12)27-13-8-11(5-7-23-13)26-9-15(17,18)16(19,20)21/h3-8H,2,9H2,1H3. The molecule has 0 aliphatic heterocycles. The van der Waals surface area contributed by atoms with Gasteiger partial charge in [0.1, 0.15) is 5.75 Å². The third-order valence-electron chi connectivity index (χ3n) is 3.16. The Bertz CT molecular complexity index is 899. The summed E-state index contributed by atoms with van der Waals surface area (Å²) in [6, 6.07) is 5.44. The van der Waals surface area contributed by atoms with Gasteiger partial charge in [0.15, 0.2) is 6.61 Å². The van der Waals surface area contributed by atoms with Gasteiger partial charge < -0.3 is 9.47 Å². The number of halogens is 5. The molecule has 2 heterocycles. The van der Waals surface area contributed by atoms with Crippen molar-refractivity contribution in [2.45, 2.75) is 23.9 Å². The quantitative estimate of drug-likeness (QED) is 0.487. The topological polar surface area (TPSA) is 80.4 Å². The number of alkyl halides is 5. The van der Waals surface area contributed by atoms with Crippen molar-refractivity contribution in [1.29, 1.82) is 5.26 Å². The van der Waals surface area contributed by atoms with Gasteiger partial charge in [-0.15, -0.1) is 4.36 Å². The number of hydrogen-bond donors (Lipinski definition) is 0. The van der Waals surface area contributed by atoms with E-state index in [1.54, 1.807) is 18.3 Å². The van der Waals surface area contributed by atoms with Crippen LogP contribution < -0.4 is 9.47 Å². The van der Waals surface area contributed by atoms with Gasteiger partial charge in [-0.1, -0.05) is 6.92 Å². The average Bonchev–Trinajstić information content (AvgIpc) is 2.65. The van der Waals surface area contributed by atoms with E-state index in [0.29, 0.717) is 10.6 Å². The Kier molecular flexibility index (Phi) is 6.85. The molecule has 0 aromatic carbocycles. The Labute approximate surface area is 159 Å². The van der Waals surface area contributed by atoms with E-state index in [4.69, 9.17) is 10.00 Å². The van der Waals surface area contributed by atoms with E-state index in [9.17, 15) is 22.0 Å². The Morgan fingerprint density at radius 3 is 2.57 bits per heavy atom. The summed E-state index contributed by atoms with van der Waals surface area (Å²) in [6.07, 6.45) is -1.46. The highest BCUT2D eigenvalue weighted by Gasteiger charge is 2.58. The second-order valence-corrected chi connectivity index (χ2v) is 7.00. The van der Waals surface area contributed by atoms with E-state index >= 15 is 0 Å². The van der Waals surface area contributed by atoms with Crippen molar-refractivity contribution in [2.24, 2.45) is 4.36 Å². The minimum atomic E-state index is -5.72. The Morgan fingerprint density at radius 2 is 1.93 bits per heavy atom. The van der Waals surface area contributed by atoms with Gasteiger partial charge >= 0.3 is 12.1 Å². The third-order valence-corrected chi connectivity index (χ3v) is 4.82. The van der Waals surface area contributed by atoms with E-state index < -0.39 is 29.4 Å². The van der Waals surface area contributed by atoms with Crippen molar-refractivity contribution in [3.05, 3.63) is 36.7 Å². The summed E-state index contributed by atoms with van der Waals surface area (Å²) in [5.74, 6) is -4.83. The first-order valence-corrected chi connectivity index (χ1v) is 9.00. The molecule has 1 atom stereocenters. The highest BCUT2D eigenvalue weighted by molar-refractivity contribution is 7.87. The zero-order valence-electron chi connectivity index (χ0n) is 14.3. The molecule has 150 valence electrons. The lowest BCUT2D eigenvalue weighted by molar-refractivity contribution is -0.290. The van der Waals surface area contributed by atoms with Gasteiger partial charge in [-0.25, -0.2) is 9.97 Å². The number of pyridine rings is 2. The van der Waals surface area contributed by atoms with Crippen LogP contribution in [0.15, 0.2) is 45.9 Å². The summed E-state index contributed by atoms with van der Waals surface area (Å²) in [6.45, 7) is -0.0661. The summed E-state index contributed by atoms with van der Waals surface area (Å²) >= 11 is 0. The zero-order chi connectivity index (χ0) is 20.8. The van der Waals surface area contributed by atoms with Crippen molar-refractivity contribution in [1.82, 2.24) is 9.97 Å². The number of nitrogens with zero attached hydrogens (tertiary/aromatic N) is 4. The predicted octanol–water partition coefficient (Wildman–Crippen LogP) is 4.51. The highest BCUT2D eigenvalue weighted by Crippen LogP contribution is 2.36. The largest absolute Gasteiger partial charge is 0.487 e. The first-order valence-electron chi connectivity index (χ1n) is 7.65. The summed E-state index contributed by atoms with van der Waals surface area (Å²) in [7, 11) is -0.817. The normalized spacial score (nSPS) is 13.0. The van der Waals surface area contributed by atoms with E-state index in [2.05, 4.69) is 19.1 Å². The van der Waals surface area contributed by atoms with Crippen LogP contribution in [0.25, 0.3) is 0 Å². The molecular formula is C16H13F5N4O2S. The van der Waals surface area contributed by atoms with Crippen LogP contribution in [-0.4, -0.2) is 34.4 Å². The van der Waals surface area contributed by atoms with Gasteiger partial charge in [0.2, 0.25) is 18.0 Å². The average molecular weight is 420 g/mol. The van der Waals surface area contributed by atoms with E-state index in [1.807, 2.05) is 6.92 Å². The number of nitriles is 1. The maximum atomic E-state index is 13.0. The van der Waals surface area contributed by atoms with Crippen LogP contribution in [0.3, 0.4) is 0 Å². The monoisotopic (exact) mass is 420 g/mol. The van der Waals surface area contributed by atoms with Crippen molar-refractivity contribution < 1.29 is 31.4 Å². The number of ether oxygens (including phenoxy) is 2. The van der Waals surface area contributed by atoms with Crippen molar-refractivity contribution >= 4 is 10.7 Å². The van der Waals surface area contributed by atoms with E-state index in [0.717, 1.165) is 18.3 Å². The molecule has 0 aliphatic carbocycles. The summed E-state index contributed by atoms with van der Waals surface area (Å²) in [5, 5.41) is 8.79. The maximum absolute atomic E-state index is 13.0. The van der Waals surface area contributed by atoms with Crippen LogP contribution in [-0.2, 0) is 10.7 Å². The molecule has 0 spiro atoms. The van der Waals surface area contributed by atoms with Crippen LogP contribution in [0, 0.1) is 11.5 Å². The lowest BCUT2D eigenvalue weighted by Crippen LogP contribution is -2.41. The molecule has 0 bridgehead atoms. The number of aromatic nitrogens is 2. The second-order valence-electron chi connectivity index (χ2n) is 5.07. The van der Waals surface area contributed by atoms with Gasteiger partial charge in [0.25, 0.3) is 0 Å². The van der Waals surface area contributed by atoms with Crippen LogP contribution in [0.2, 0.25) is 0 Å². The van der Waals surface area contributed by atoms with Crippen LogP contribution in [0.5, 0.6) is 17.5 Å². The lowest BCUT2D eigenvalue weighted by atomic mass is 10.3. The molecule has 0 radical (unpaired) electrons. The Morgan fingerprint density at radius 1 is 1.18 bits per heavy atom. The smallest absolute Gasteiger partial charge is 0.456 e. The lowest BCUT2D eigenvalue weighted by Gasteiger charge is -2.19. The van der Waals surface area contributed by atoms with Crippen LogP contribution in [0.1, 0.15) is 6.92 Å². The van der Waals surface area contributed by atoms with E-state index in [1.165, 1.54) is 6.20 Å². The molecule has 2 rings (SSSR count).